The SMILES string of the molecule is O=C(CSCc1ccccc1Cl)Nc1ccccc1Oc1ccccc1. The van der Waals surface area contributed by atoms with E-state index in [9.17, 15) is 4.79 Å². The molecule has 0 unspecified atom stereocenters. The molecule has 0 bridgehead atoms. The number of hydrogen-bond acceptors (Lipinski definition) is 3. The van der Waals surface area contributed by atoms with Crippen LogP contribution in [0, 0.1) is 0 Å². The fourth-order valence-electron chi connectivity index (χ4n) is 2.33. The number of benzene rings is 3. The Bertz CT molecular complexity index is 871. The summed E-state index contributed by atoms with van der Waals surface area (Å²) in [5.41, 5.74) is 1.68. The highest BCUT2D eigenvalue weighted by Crippen LogP contribution is 2.29. The maximum absolute atomic E-state index is 12.3. The number of para-hydroxylation sites is 3. The van der Waals surface area contributed by atoms with E-state index < -0.39 is 0 Å². The number of carbonyl (C=O) groups excluding carboxylic acids is 1. The molecule has 0 atom stereocenters. The van der Waals surface area contributed by atoms with E-state index in [4.69, 9.17) is 16.3 Å². The van der Waals surface area contributed by atoms with Gasteiger partial charge in [-0.3, -0.25) is 4.79 Å². The summed E-state index contributed by atoms with van der Waals surface area (Å²) in [5.74, 6) is 2.29. The second kappa shape index (κ2) is 9.32. The average molecular weight is 384 g/mol. The van der Waals surface area contributed by atoms with Crippen LogP contribution in [0.5, 0.6) is 11.5 Å². The van der Waals surface area contributed by atoms with Crippen molar-refractivity contribution in [3.8, 4) is 11.5 Å². The third-order valence-corrected chi connectivity index (χ3v) is 4.93. The normalized spacial score (nSPS) is 10.3. The molecule has 26 heavy (non-hydrogen) atoms. The molecule has 3 aromatic carbocycles. The standard InChI is InChI=1S/C21H18ClNO2S/c22-18-11-5-4-8-16(18)14-26-15-21(24)23-19-12-6-7-13-20(19)25-17-9-2-1-3-10-17/h1-13H,14-15H2,(H,23,24). The van der Waals surface area contributed by atoms with Gasteiger partial charge in [0.2, 0.25) is 5.91 Å². The molecule has 0 aliphatic carbocycles. The summed E-state index contributed by atoms with van der Waals surface area (Å²) < 4.78 is 5.86. The smallest absolute Gasteiger partial charge is 0.234 e. The van der Waals surface area contributed by atoms with Crippen LogP contribution >= 0.6 is 23.4 Å². The number of anilines is 1. The first-order valence-electron chi connectivity index (χ1n) is 8.15. The lowest BCUT2D eigenvalue weighted by Crippen LogP contribution is -2.14. The summed E-state index contributed by atoms with van der Waals surface area (Å²) in [6, 6.07) is 24.5. The van der Waals surface area contributed by atoms with E-state index in [0.717, 1.165) is 16.3 Å². The number of ether oxygens (including phenoxy) is 1. The van der Waals surface area contributed by atoms with Gasteiger partial charge in [0, 0.05) is 10.8 Å². The van der Waals surface area contributed by atoms with Crippen molar-refractivity contribution >= 4 is 35.0 Å². The molecule has 0 saturated carbocycles. The van der Waals surface area contributed by atoms with E-state index in [-0.39, 0.29) is 5.91 Å². The predicted octanol–water partition coefficient (Wildman–Crippen LogP) is 6.00. The number of carbonyl (C=O) groups is 1. The molecule has 1 amide bonds. The van der Waals surface area contributed by atoms with Gasteiger partial charge >= 0.3 is 0 Å². The van der Waals surface area contributed by atoms with Crippen LogP contribution in [-0.4, -0.2) is 11.7 Å². The Labute approximate surface area is 162 Å². The van der Waals surface area contributed by atoms with E-state index in [0.29, 0.717) is 22.9 Å². The zero-order chi connectivity index (χ0) is 18.2. The fraction of sp³-hybridized carbons (Fsp3) is 0.0952. The second-order valence-electron chi connectivity index (χ2n) is 5.54. The minimum atomic E-state index is -0.0776. The van der Waals surface area contributed by atoms with Gasteiger partial charge in [-0.05, 0) is 35.9 Å². The van der Waals surface area contributed by atoms with E-state index in [1.807, 2.05) is 78.9 Å². The number of rotatable bonds is 7. The summed E-state index contributed by atoms with van der Waals surface area (Å²) in [5, 5.41) is 3.64. The first-order valence-corrected chi connectivity index (χ1v) is 9.68. The quantitative estimate of drug-likeness (QED) is 0.543. The molecule has 132 valence electrons. The van der Waals surface area contributed by atoms with Crippen LogP contribution in [0.3, 0.4) is 0 Å². The van der Waals surface area contributed by atoms with Crippen LogP contribution in [-0.2, 0) is 10.5 Å². The molecule has 0 saturated heterocycles. The highest BCUT2D eigenvalue weighted by molar-refractivity contribution is 7.99. The molecule has 0 fully saturated rings. The van der Waals surface area contributed by atoms with Crippen molar-refractivity contribution in [3.63, 3.8) is 0 Å². The van der Waals surface area contributed by atoms with Crippen molar-refractivity contribution in [1.82, 2.24) is 0 Å². The number of amides is 1. The van der Waals surface area contributed by atoms with Crippen molar-refractivity contribution in [2.45, 2.75) is 5.75 Å². The van der Waals surface area contributed by atoms with Gasteiger partial charge in [-0.2, -0.15) is 0 Å². The topological polar surface area (TPSA) is 38.3 Å². The molecule has 3 aromatic rings. The van der Waals surface area contributed by atoms with Crippen LogP contribution in [0.25, 0.3) is 0 Å². The van der Waals surface area contributed by atoms with E-state index in [1.54, 1.807) is 0 Å². The van der Waals surface area contributed by atoms with Crippen LogP contribution < -0.4 is 10.1 Å². The highest BCUT2D eigenvalue weighted by atomic mass is 35.5. The Balaban J connectivity index is 1.57. The number of thioether (sulfide) groups is 1. The summed E-state index contributed by atoms with van der Waals surface area (Å²) in [6.07, 6.45) is 0. The van der Waals surface area contributed by atoms with Gasteiger partial charge in [-0.15, -0.1) is 11.8 Å². The van der Waals surface area contributed by atoms with Crippen molar-refractivity contribution in [2.75, 3.05) is 11.1 Å². The molecular weight excluding hydrogens is 366 g/mol. The van der Waals surface area contributed by atoms with Crippen molar-refractivity contribution < 1.29 is 9.53 Å². The minimum absolute atomic E-state index is 0.0776. The Hall–Kier alpha value is -2.43. The summed E-state index contributed by atoms with van der Waals surface area (Å²) >= 11 is 7.66. The Kier molecular flexibility index (Phi) is 6.58. The van der Waals surface area contributed by atoms with Crippen molar-refractivity contribution in [1.29, 1.82) is 0 Å². The van der Waals surface area contributed by atoms with Crippen molar-refractivity contribution in [2.24, 2.45) is 0 Å². The minimum Gasteiger partial charge on any atom is -0.455 e. The zero-order valence-corrected chi connectivity index (χ0v) is 15.6. The van der Waals surface area contributed by atoms with Crippen LogP contribution in [0.15, 0.2) is 78.9 Å². The van der Waals surface area contributed by atoms with Gasteiger partial charge in [0.05, 0.1) is 11.4 Å². The van der Waals surface area contributed by atoms with Crippen LogP contribution in [0.4, 0.5) is 5.69 Å². The number of hydrogen-bond donors (Lipinski definition) is 1. The maximum atomic E-state index is 12.3. The number of halogens is 1. The van der Waals surface area contributed by atoms with Gasteiger partial charge in [0.15, 0.2) is 5.75 Å². The molecule has 0 aliphatic heterocycles. The summed E-state index contributed by atoms with van der Waals surface area (Å²) in [7, 11) is 0. The molecule has 3 rings (SSSR count). The molecule has 0 spiro atoms. The van der Waals surface area contributed by atoms with Gasteiger partial charge in [0.1, 0.15) is 5.75 Å². The average Bonchev–Trinajstić information content (AvgIpc) is 2.66. The lowest BCUT2D eigenvalue weighted by Gasteiger charge is -2.12. The predicted molar refractivity (Wildman–Crippen MR) is 109 cm³/mol. The second-order valence-corrected chi connectivity index (χ2v) is 6.94. The van der Waals surface area contributed by atoms with Gasteiger partial charge in [-0.1, -0.05) is 60.1 Å². The van der Waals surface area contributed by atoms with E-state index >= 15 is 0 Å². The molecule has 0 aliphatic rings. The van der Waals surface area contributed by atoms with Gasteiger partial charge < -0.3 is 10.1 Å². The molecular formula is C21H18ClNO2S. The Morgan fingerprint density at radius 2 is 1.62 bits per heavy atom. The highest BCUT2D eigenvalue weighted by Gasteiger charge is 2.09. The first-order chi connectivity index (χ1) is 12.7. The number of nitrogens with one attached hydrogen (secondary N) is 1. The lowest BCUT2D eigenvalue weighted by atomic mass is 10.2. The largest absolute Gasteiger partial charge is 0.455 e. The fourth-order valence-corrected chi connectivity index (χ4v) is 3.44. The van der Waals surface area contributed by atoms with E-state index in [2.05, 4.69) is 5.32 Å². The molecule has 0 heterocycles. The third kappa shape index (κ3) is 5.28. The molecule has 0 aromatic heterocycles. The molecule has 0 radical (unpaired) electrons. The Morgan fingerprint density at radius 3 is 2.42 bits per heavy atom. The molecule has 3 nitrogen and oxygen atoms in total. The monoisotopic (exact) mass is 383 g/mol. The summed E-state index contributed by atoms with van der Waals surface area (Å²) in [6.45, 7) is 0. The van der Waals surface area contributed by atoms with Crippen LogP contribution in [0.1, 0.15) is 5.56 Å². The van der Waals surface area contributed by atoms with Gasteiger partial charge in [-0.25, -0.2) is 0 Å². The van der Waals surface area contributed by atoms with Gasteiger partial charge in [0.25, 0.3) is 0 Å². The lowest BCUT2D eigenvalue weighted by molar-refractivity contribution is -0.113. The molecule has 5 heteroatoms. The first kappa shape index (κ1) is 18.4. The van der Waals surface area contributed by atoms with Crippen LogP contribution in [0.2, 0.25) is 5.02 Å². The molecule has 1 N–H and O–H groups in total. The van der Waals surface area contributed by atoms with E-state index in [1.165, 1.54) is 11.8 Å². The maximum Gasteiger partial charge on any atom is 0.234 e. The zero-order valence-electron chi connectivity index (χ0n) is 14.0. The summed E-state index contributed by atoms with van der Waals surface area (Å²) in [4.78, 5) is 12.3. The van der Waals surface area contributed by atoms with Crippen molar-refractivity contribution in [3.05, 3.63) is 89.4 Å². The Morgan fingerprint density at radius 1 is 0.923 bits per heavy atom. The third-order valence-electron chi connectivity index (χ3n) is 3.58.